The van der Waals surface area contributed by atoms with Gasteiger partial charge in [-0.1, -0.05) is 18.2 Å². The van der Waals surface area contributed by atoms with E-state index in [-0.39, 0.29) is 0 Å². The van der Waals surface area contributed by atoms with Crippen LogP contribution in [0, 0.1) is 5.82 Å². The van der Waals surface area contributed by atoms with E-state index in [1.165, 1.54) is 27.4 Å². The van der Waals surface area contributed by atoms with Gasteiger partial charge in [0.05, 0.1) is 27.4 Å². The molecule has 0 spiro atoms. The molecule has 2 aromatic rings. The third-order valence-corrected chi connectivity index (χ3v) is 5.11. The van der Waals surface area contributed by atoms with E-state index in [2.05, 4.69) is 0 Å². The highest BCUT2D eigenvalue weighted by Crippen LogP contribution is 2.44. The number of hydrogen-bond donors (Lipinski definition) is 1. The van der Waals surface area contributed by atoms with Gasteiger partial charge >= 0.3 is 5.97 Å². The SMILES string of the molecule is COc1cc(C(c2ccccc2F)N2CCCC2C(=O)O)cc(OC)c1OC. The molecule has 0 aromatic heterocycles. The van der Waals surface area contributed by atoms with Gasteiger partial charge in [-0.25, -0.2) is 4.39 Å². The molecule has 1 N–H and O–H groups in total. The van der Waals surface area contributed by atoms with E-state index in [1.54, 1.807) is 30.3 Å². The van der Waals surface area contributed by atoms with Gasteiger partial charge < -0.3 is 19.3 Å². The van der Waals surface area contributed by atoms with Gasteiger partial charge in [0.15, 0.2) is 11.5 Å². The van der Waals surface area contributed by atoms with Crippen molar-refractivity contribution in [3.05, 3.63) is 53.3 Å². The Hall–Kier alpha value is -2.80. The van der Waals surface area contributed by atoms with E-state index in [1.807, 2.05) is 4.90 Å². The van der Waals surface area contributed by atoms with Crippen LogP contribution in [0.1, 0.15) is 30.0 Å². The highest BCUT2D eigenvalue weighted by molar-refractivity contribution is 5.74. The van der Waals surface area contributed by atoms with Crippen LogP contribution in [0.2, 0.25) is 0 Å². The van der Waals surface area contributed by atoms with Crippen LogP contribution in [-0.4, -0.2) is 49.9 Å². The van der Waals surface area contributed by atoms with Gasteiger partial charge in [0, 0.05) is 12.1 Å². The number of nitrogens with zero attached hydrogens (tertiary/aromatic N) is 1. The second-order valence-electron chi connectivity index (χ2n) is 6.62. The second-order valence-corrected chi connectivity index (χ2v) is 6.62. The Kier molecular flexibility index (Phi) is 6.04. The largest absolute Gasteiger partial charge is 0.493 e. The first-order valence-electron chi connectivity index (χ1n) is 9.04. The van der Waals surface area contributed by atoms with Crippen LogP contribution in [0.25, 0.3) is 0 Å². The molecule has 1 aliphatic rings. The minimum Gasteiger partial charge on any atom is -0.493 e. The van der Waals surface area contributed by atoms with E-state index < -0.39 is 23.9 Å². The Labute approximate surface area is 163 Å². The first-order chi connectivity index (χ1) is 13.5. The molecule has 0 bridgehead atoms. The number of benzene rings is 2. The number of carbonyl (C=O) groups is 1. The van der Waals surface area contributed by atoms with E-state index in [9.17, 15) is 14.3 Å². The Morgan fingerprint density at radius 3 is 2.32 bits per heavy atom. The molecule has 1 aliphatic heterocycles. The first-order valence-corrected chi connectivity index (χ1v) is 9.04. The predicted octanol–water partition coefficient (Wildman–Crippen LogP) is 3.49. The lowest BCUT2D eigenvalue weighted by atomic mass is 9.95. The second kappa shape index (κ2) is 8.48. The van der Waals surface area contributed by atoms with Crippen LogP contribution in [0.3, 0.4) is 0 Å². The standard InChI is InChI=1S/C21H24FNO5/c1-26-17-11-13(12-18(27-2)20(17)28-3)19(14-7-4-5-8-15(14)22)23-10-6-9-16(23)21(24)25/h4-5,7-8,11-12,16,19H,6,9-10H2,1-3H3,(H,24,25). The molecule has 2 aromatic carbocycles. The lowest BCUT2D eigenvalue weighted by molar-refractivity contribution is -0.142. The Balaban J connectivity index is 2.20. The smallest absolute Gasteiger partial charge is 0.320 e. The van der Waals surface area contributed by atoms with Gasteiger partial charge in [-0.3, -0.25) is 9.69 Å². The minimum absolute atomic E-state index is 0.391. The average molecular weight is 389 g/mol. The minimum atomic E-state index is -0.911. The number of hydrogen-bond acceptors (Lipinski definition) is 5. The number of methoxy groups -OCH3 is 3. The predicted molar refractivity (Wildman–Crippen MR) is 102 cm³/mol. The Bertz CT molecular complexity index is 831. The fourth-order valence-corrected chi connectivity index (χ4v) is 3.87. The summed E-state index contributed by atoms with van der Waals surface area (Å²) in [4.78, 5) is 13.6. The lowest BCUT2D eigenvalue weighted by Gasteiger charge is -2.32. The van der Waals surface area contributed by atoms with Gasteiger partial charge in [-0.05, 0) is 36.6 Å². The summed E-state index contributed by atoms with van der Waals surface area (Å²) < 4.78 is 31.0. The number of likely N-dealkylation sites (tertiary alicyclic amines) is 1. The third-order valence-electron chi connectivity index (χ3n) is 5.11. The number of carboxylic acid groups (broad SMARTS) is 1. The first kappa shape index (κ1) is 19.9. The summed E-state index contributed by atoms with van der Waals surface area (Å²) in [7, 11) is 4.53. The number of aliphatic carboxylic acids is 1. The van der Waals surface area contributed by atoms with Gasteiger partial charge in [0.1, 0.15) is 11.9 Å². The van der Waals surface area contributed by atoms with Gasteiger partial charge in [-0.2, -0.15) is 0 Å². The van der Waals surface area contributed by atoms with Crippen LogP contribution in [0.15, 0.2) is 36.4 Å². The molecular weight excluding hydrogens is 365 g/mol. The number of halogens is 1. The van der Waals surface area contributed by atoms with Gasteiger partial charge in [0.2, 0.25) is 5.75 Å². The molecule has 2 unspecified atom stereocenters. The molecule has 150 valence electrons. The number of ether oxygens (including phenoxy) is 3. The maximum Gasteiger partial charge on any atom is 0.320 e. The van der Waals surface area contributed by atoms with Crippen LogP contribution in [0.5, 0.6) is 17.2 Å². The fraction of sp³-hybridized carbons (Fsp3) is 0.381. The molecule has 1 fully saturated rings. The van der Waals surface area contributed by atoms with Crippen LogP contribution in [0.4, 0.5) is 4.39 Å². The van der Waals surface area contributed by atoms with Crippen molar-refractivity contribution in [3.8, 4) is 17.2 Å². The van der Waals surface area contributed by atoms with E-state index in [0.717, 1.165) is 6.42 Å². The average Bonchev–Trinajstić information content (AvgIpc) is 3.18. The molecule has 0 aliphatic carbocycles. The highest BCUT2D eigenvalue weighted by atomic mass is 19.1. The highest BCUT2D eigenvalue weighted by Gasteiger charge is 2.38. The van der Waals surface area contributed by atoms with Crippen molar-refractivity contribution in [2.24, 2.45) is 0 Å². The van der Waals surface area contributed by atoms with Crippen LogP contribution >= 0.6 is 0 Å². The van der Waals surface area contributed by atoms with Crippen molar-refractivity contribution in [2.75, 3.05) is 27.9 Å². The third kappa shape index (κ3) is 3.62. The zero-order chi connectivity index (χ0) is 20.3. The summed E-state index contributed by atoms with van der Waals surface area (Å²) in [6, 6.07) is 8.62. The monoisotopic (exact) mass is 389 g/mol. The van der Waals surface area contributed by atoms with Crippen molar-refractivity contribution in [1.29, 1.82) is 0 Å². The van der Waals surface area contributed by atoms with E-state index in [0.29, 0.717) is 41.3 Å². The van der Waals surface area contributed by atoms with Gasteiger partial charge in [0.25, 0.3) is 0 Å². The summed E-state index contributed by atoms with van der Waals surface area (Å²) >= 11 is 0. The molecule has 0 radical (unpaired) electrons. The van der Waals surface area contributed by atoms with E-state index >= 15 is 0 Å². The molecule has 7 heteroatoms. The normalized spacial score (nSPS) is 17.9. The Morgan fingerprint density at radius 1 is 1.14 bits per heavy atom. The number of carboxylic acids is 1. The van der Waals surface area contributed by atoms with Gasteiger partial charge in [-0.15, -0.1) is 0 Å². The zero-order valence-electron chi connectivity index (χ0n) is 16.1. The number of rotatable bonds is 7. The van der Waals surface area contributed by atoms with Crippen molar-refractivity contribution in [1.82, 2.24) is 4.90 Å². The van der Waals surface area contributed by atoms with E-state index in [4.69, 9.17) is 14.2 Å². The molecule has 1 heterocycles. The van der Waals surface area contributed by atoms with Crippen molar-refractivity contribution in [2.45, 2.75) is 24.9 Å². The maximum absolute atomic E-state index is 14.8. The van der Waals surface area contributed by atoms with Crippen LogP contribution in [-0.2, 0) is 4.79 Å². The maximum atomic E-state index is 14.8. The summed E-state index contributed by atoms with van der Waals surface area (Å²) in [6.45, 7) is 0.548. The van der Waals surface area contributed by atoms with Crippen LogP contribution < -0.4 is 14.2 Å². The molecule has 28 heavy (non-hydrogen) atoms. The summed E-state index contributed by atoms with van der Waals surface area (Å²) in [5, 5.41) is 9.67. The molecule has 2 atom stereocenters. The van der Waals surface area contributed by atoms with Crippen molar-refractivity contribution in [3.63, 3.8) is 0 Å². The lowest BCUT2D eigenvalue weighted by Crippen LogP contribution is -2.39. The summed E-state index contributed by atoms with van der Waals surface area (Å²) in [5.41, 5.74) is 1.08. The summed E-state index contributed by atoms with van der Waals surface area (Å²) in [6.07, 6.45) is 1.25. The van der Waals surface area contributed by atoms with Crippen molar-refractivity contribution >= 4 is 5.97 Å². The zero-order valence-corrected chi connectivity index (χ0v) is 16.1. The molecule has 0 saturated carbocycles. The summed E-state index contributed by atoms with van der Waals surface area (Å²) in [5.74, 6) is -0.00525. The molecule has 0 amide bonds. The molecular formula is C21H24FNO5. The molecule has 3 rings (SSSR count). The topological polar surface area (TPSA) is 68.2 Å². The Morgan fingerprint density at radius 2 is 1.79 bits per heavy atom. The molecule has 6 nitrogen and oxygen atoms in total. The van der Waals surface area contributed by atoms with Crippen molar-refractivity contribution < 1.29 is 28.5 Å². The quantitative estimate of drug-likeness (QED) is 0.782. The molecule has 1 saturated heterocycles. The fourth-order valence-electron chi connectivity index (χ4n) is 3.87.